The third-order valence-electron chi connectivity index (χ3n) is 9.10. The first-order chi connectivity index (χ1) is 17.8. The van der Waals surface area contributed by atoms with E-state index >= 15 is 0 Å². The van der Waals surface area contributed by atoms with Crippen LogP contribution in [0.25, 0.3) is 0 Å². The van der Waals surface area contributed by atoms with Crippen molar-refractivity contribution in [2.75, 3.05) is 46.0 Å². The SMILES string of the molecule is COC(=O)[C@@]12CO[C@@H](C3(CC(OC)OC)SCCCS3)[C@@H]1C1=C(C[C@@H]2[Si](C)(C)c2ccccc2)OCC1. The molecule has 0 aromatic heterocycles. The number of rotatable bonds is 8. The normalized spacial score (nSPS) is 31.1. The predicted octanol–water partition coefficient (Wildman–Crippen LogP) is 4.80. The molecule has 4 aliphatic rings. The lowest BCUT2D eigenvalue weighted by Crippen LogP contribution is -2.60. The first kappa shape index (κ1) is 27.6. The summed E-state index contributed by atoms with van der Waals surface area (Å²) in [6, 6.07) is 10.7. The fraction of sp³-hybridized carbons (Fsp3) is 0.679. The summed E-state index contributed by atoms with van der Waals surface area (Å²) in [5.74, 6) is 3.00. The van der Waals surface area contributed by atoms with Gasteiger partial charge in [0.2, 0.25) is 0 Å². The van der Waals surface area contributed by atoms with Crippen LogP contribution < -0.4 is 5.19 Å². The van der Waals surface area contributed by atoms with Gasteiger partial charge >= 0.3 is 5.97 Å². The molecule has 1 aromatic rings. The van der Waals surface area contributed by atoms with Crippen LogP contribution in [-0.2, 0) is 28.5 Å². The molecule has 204 valence electrons. The Hall–Kier alpha value is -0.973. The number of hydrogen-bond donors (Lipinski definition) is 0. The van der Waals surface area contributed by atoms with Gasteiger partial charge in [0.05, 0.1) is 44.3 Å². The van der Waals surface area contributed by atoms with E-state index in [4.69, 9.17) is 23.7 Å². The Morgan fingerprint density at radius 2 is 1.84 bits per heavy atom. The van der Waals surface area contributed by atoms with Crippen LogP contribution >= 0.6 is 23.5 Å². The van der Waals surface area contributed by atoms with E-state index in [2.05, 4.69) is 43.4 Å². The average molecular weight is 565 g/mol. The Morgan fingerprint density at radius 1 is 1.14 bits per heavy atom. The van der Waals surface area contributed by atoms with Crippen LogP contribution in [0.2, 0.25) is 18.6 Å². The van der Waals surface area contributed by atoms with Crippen LogP contribution in [0.3, 0.4) is 0 Å². The summed E-state index contributed by atoms with van der Waals surface area (Å²) in [5, 5.41) is 1.35. The van der Waals surface area contributed by atoms with Crippen molar-refractivity contribution < 1.29 is 28.5 Å². The number of ether oxygens (including phenoxy) is 5. The van der Waals surface area contributed by atoms with Gasteiger partial charge in [-0.1, -0.05) is 48.6 Å². The lowest BCUT2D eigenvalue weighted by Gasteiger charge is -2.51. The Bertz CT molecular complexity index is 1010. The average Bonchev–Trinajstić information content (AvgIpc) is 3.57. The number of thioether (sulfide) groups is 2. The highest BCUT2D eigenvalue weighted by atomic mass is 32.2. The summed E-state index contributed by atoms with van der Waals surface area (Å²) in [6.07, 6.45) is 2.98. The largest absolute Gasteiger partial charge is 0.498 e. The zero-order chi connectivity index (χ0) is 26.3. The van der Waals surface area contributed by atoms with Gasteiger partial charge in [-0.15, -0.1) is 23.5 Å². The highest BCUT2D eigenvalue weighted by Gasteiger charge is 2.70. The van der Waals surface area contributed by atoms with Crippen molar-refractivity contribution in [1.82, 2.24) is 0 Å². The number of fused-ring (bicyclic) bond motifs is 2. The first-order valence-electron chi connectivity index (χ1n) is 13.3. The molecule has 0 bridgehead atoms. The van der Waals surface area contributed by atoms with Crippen molar-refractivity contribution in [3.8, 4) is 0 Å². The lowest BCUT2D eigenvalue weighted by molar-refractivity contribution is -0.155. The Labute approximate surface area is 230 Å². The molecule has 0 N–H and O–H groups in total. The van der Waals surface area contributed by atoms with Crippen molar-refractivity contribution in [3.63, 3.8) is 0 Å². The monoisotopic (exact) mass is 564 g/mol. The van der Waals surface area contributed by atoms with E-state index in [1.165, 1.54) is 17.9 Å². The van der Waals surface area contributed by atoms with Gasteiger partial charge < -0.3 is 23.7 Å². The number of carbonyl (C=O) groups excluding carboxylic acids is 1. The van der Waals surface area contributed by atoms with Gasteiger partial charge in [-0.05, 0) is 29.0 Å². The summed E-state index contributed by atoms with van der Waals surface area (Å²) in [5.41, 5.74) is 0.635. The number of esters is 1. The van der Waals surface area contributed by atoms with E-state index < -0.39 is 13.5 Å². The maximum Gasteiger partial charge on any atom is 0.314 e. The topological polar surface area (TPSA) is 63.2 Å². The fourth-order valence-corrected chi connectivity index (χ4v) is 14.6. The van der Waals surface area contributed by atoms with Gasteiger partial charge in [-0.25, -0.2) is 0 Å². The zero-order valence-electron chi connectivity index (χ0n) is 22.6. The minimum absolute atomic E-state index is 0.0841. The number of carbonyl (C=O) groups is 1. The van der Waals surface area contributed by atoms with E-state index in [0.29, 0.717) is 19.6 Å². The summed E-state index contributed by atoms with van der Waals surface area (Å²) in [7, 11) is 2.75. The van der Waals surface area contributed by atoms with Crippen LogP contribution in [0.4, 0.5) is 0 Å². The van der Waals surface area contributed by atoms with Gasteiger partial charge in [-0.3, -0.25) is 4.79 Å². The Kier molecular flexibility index (Phi) is 8.12. The number of hydrogen-bond acceptors (Lipinski definition) is 8. The molecule has 0 unspecified atom stereocenters. The van der Waals surface area contributed by atoms with Crippen molar-refractivity contribution >= 4 is 42.8 Å². The van der Waals surface area contributed by atoms with Crippen LogP contribution in [0.15, 0.2) is 41.7 Å². The van der Waals surface area contributed by atoms with E-state index in [9.17, 15) is 4.79 Å². The first-order valence-corrected chi connectivity index (χ1v) is 18.3. The molecule has 3 heterocycles. The lowest BCUT2D eigenvalue weighted by atomic mass is 9.63. The second-order valence-corrected chi connectivity index (χ2v) is 18.9. The van der Waals surface area contributed by atoms with Gasteiger partial charge in [0.15, 0.2) is 6.29 Å². The second-order valence-electron chi connectivity index (χ2n) is 11.1. The predicted molar refractivity (Wildman–Crippen MR) is 152 cm³/mol. The van der Waals surface area contributed by atoms with Crippen molar-refractivity contribution in [3.05, 3.63) is 41.7 Å². The number of methoxy groups -OCH3 is 3. The summed E-state index contributed by atoms with van der Waals surface area (Å²) >= 11 is 3.91. The van der Waals surface area contributed by atoms with Crippen molar-refractivity contribution in [2.45, 2.75) is 60.8 Å². The maximum absolute atomic E-state index is 14.1. The van der Waals surface area contributed by atoms with E-state index in [-0.39, 0.29) is 33.9 Å². The van der Waals surface area contributed by atoms with Crippen molar-refractivity contribution in [2.24, 2.45) is 11.3 Å². The molecule has 0 saturated carbocycles. The molecule has 0 amide bonds. The van der Waals surface area contributed by atoms with Crippen LogP contribution in [-0.4, -0.2) is 76.6 Å². The highest BCUT2D eigenvalue weighted by Crippen LogP contribution is 2.66. The molecule has 1 aromatic carbocycles. The molecular formula is C28H40O6S2Si. The molecule has 0 radical (unpaired) electrons. The maximum atomic E-state index is 14.1. The molecule has 5 rings (SSSR count). The summed E-state index contributed by atoms with van der Waals surface area (Å²) < 4.78 is 30.0. The summed E-state index contributed by atoms with van der Waals surface area (Å²) in [4.78, 5) is 14.1. The standard InChI is InChI=1S/C28H40O6S2Si/c1-30-23(31-2)17-28(35-14-9-15-36-28)25-24-20-12-13-33-21(20)16-22(27(24,18-34-25)26(29)32-3)37(4,5)19-10-7-6-8-11-19/h6-8,10-11,22-25H,9,12-18H2,1-5H3/t22-,24-,25+,27+/m0/s1. The summed E-state index contributed by atoms with van der Waals surface area (Å²) in [6.45, 7) is 5.85. The molecule has 2 fully saturated rings. The smallest absolute Gasteiger partial charge is 0.314 e. The zero-order valence-corrected chi connectivity index (χ0v) is 25.3. The third-order valence-corrected chi connectivity index (χ3v) is 16.8. The minimum Gasteiger partial charge on any atom is -0.498 e. The minimum atomic E-state index is -2.18. The Balaban J connectivity index is 1.66. The van der Waals surface area contributed by atoms with E-state index in [1.807, 2.05) is 23.5 Å². The quantitative estimate of drug-likeness (QED) is 0.254. The number of benzene rings is 1. The third kappa shape index (κ3) is 4.51. The van der Waals surface area contributed by atoms with Crippen LogP contribution in [0, 0.1) is 11.3 Å². The van der Waals surface area contributed by atoms with Crippen LogP contribution in [0.5, 0.6) is 0 Å². The molecule has 4 atom stereocenters. The fourth-order valence-electron chi connectivity index (χ4n) is 7.25. The highest BCUT2D eigenvalue weighted by molar-refractivity contribution is 8.18. The number of allylic oxidation sites excluding steroid dienone is 1. The molecule has 9 heteroatoms. The van der Waals surface area contributed by atoms with Crippen LogP contribution in [0.1, 0.15) is 25.7 Å². The molecular weight excluding hydrogens is 525 g/mol. The molecule has 0 spiro atoms. The molecule has 1 aliphatic carbocycles. The molecule has 6 nitrogen and oxygen atoms in total. The van der Waals surface area contributed by atoms with Gasteiger partial charge in [0, 0.05) is 39.4 Å². The molecule has 2 saturated heterocycles. The molecule has 3 aliphatic heterocycles. The van der Waals surface area contributed by atoms with E-state index in [0.717, 1.165) is 36.5 Å². The Morgan fingerprint density at radius 3 is 2.49 bits per heavy atom. The van der Waals surface area contributed by atoms with E-state index in [1.54, 1.807) is 14.2 Å². The van der Waals surface area contributed by atoms with Crippen molar-refractivity contribution in [1.29, 1.82) is 0 Å². The molecule has 37 heavy (non-hydrogen) atoms. The van der Waals surface area contributed by atoms with Gasteiger partial charge in [0.1, 0.15) is 5.41 Å². The second kappa shape index (κ2) is 10.9. The van der Waals surface area contributed by atoms with Gasteiger partial charge in [0.25, 0.3) is 0 Å². The van der Waals surface area contributed by atoms with Gasteiger partial charge in [-0.2, -0.15) is 0 Å².